The third kappa shape index (κ3) is 5.25. The second-order valence-corrected chi connectivity index (χ2v) is 8.45. The van der Waals surface area contributed by atoms with Gasteiger partial charge in [0.2, 0.25) is 5.91 Å². The predicted molar refractivity (Wildman–Crippen MR) is 119 cm³/mol. The van der Waals surface area contributed by atoms with Crippen molar-refractivity contribution in [3.63, 3.8) is 0 Å². The number of carbonyl (C=O) groups excluding carboxylic acids is 2. The third-order valence-electron chi connectivity index (χ3n) is 5.56. The highest BCUT2D eigenvalue weighted by Gasteiger charge is 2.39. The lowest BCUT2D eigenvalue weighted by atomic mass is 9.81. The molecule has 0 radical (unpaired) electrons. The topological polar surface area (TPSA) is 70.7 Å². The summed E-state index contributed by atoms with van der Waals surface area (Å²) in [6.07, 6.45) is 1.50. The summed E-state index contributed by atoms with van der Waals surface area (Å²) in [6.45, 7) is 5.22. The maximum atomic E-state index is 13.0. The summed E-state index contributed by atoms with van der Waals surface area (Å²) in [7, 11) is 1.62. The molecule has 6 nitrogen and oxygen atoms in total. The lowest BCUT2D eigenvalue weighted by molar-refractivity contribution is -0.132. The summed E-state index contributed by atoms with van der Waals surface area (Å²) >= 11 is 6.05. The SMILES string of the molecule is COc1cccc(CNC(=O)[C@]2(C)CCCN(C(=O)Nc3cc(Cl)ccc3C)C2)c1. The summed E-state index contributed by atoms with van der Waals surface area (Å²) in [4.78, 5) is 27.5. The molecule has 0 bridgehead atoms. The number of aryl methyl sites for hydroxylation is 1. The van der Waals surface area contributed by atoms with Crippen LogP contribution in [0, 0.1) is 12.3 Å². The van der Waals surface area contributed by atoms with E-state index in [0.717, 1.165) is 29.7 Å². The summed E-state index contributed by atoms with van der Waals surface area (Å²) < 4.78 is 5.23. The first kappa shape index (κ1) is 22.0. The first-order chi connectivity index (χ1) is 14.3. The Kier molecular flexibility index (Phi) is 6.87. The Bertz CT molecular complexity index is 934. The number of hydrogen-bond acceptors (Lipinski definition) is 3. The zero-order valence-electron chi connectivity index (χ0n) is 17.6. The number of piperidine rings is 1. The van der Waals surface area contributed by atoms with Crippen LogP contribution >= 0.6 is 11.6 Å². The minimum Gasteiger partial charge on any atom is -0.497 e. The van der Waals surface area contributed by atoms with Gasteiger partial charge in [0.1, 0.15) is 5.75 Å². The number of carbonyl (C=O) groups is 2. The maximum Gasteiger partial charge on any atom is 0.321 e. The quantitative estimate of drug-likeness (QED) is 0.729. The van der Waals surface area contributed by atoms with Gasteiger partial charge in [0, 0.05) is 30.3 Å². The number of likely N-dealkylation sites (tertiary alicyclic amines) is 1. The van der Waals surface area contributed by atoms with Crippen LogP contribution in [0.5, 0.6) is 5.75 Å². The van der Waals surface area contributed by atoms with Crippen LogP contribution in [0.15, 0.2) is 42.5 Å². The summed E-state index contributed by atoms with van der Waals surface area (Å²) in [5.41, 5.74) is 1.94. The standard InChI is InChI=1S/C23H28ClN3O3/c1-16-8-9-18(24)13-20(16)26-22(29)27-11-5-10-23(2,15-27)21(28)25-14-17-6-4-7-19(12-17)30-3/h4,6-9,12-13H,5,10-11,14-15H2,1-3H3,(H,25,28)(H,26,29)/t23-/m1/s1. The fraction of sp³-hybridized carbons (Fsp3) is 0.391. The van der Waals surface area contributed by atoms with Crippen molar-refractivity contribution < 1.29 is 14.3 Å². The number of hydrogen-bond donors (Lipinski definition) is 2. The molecule has 7 heteroatoms. The highest BCUT2D eigenvalue weighted by molar-refractivity contribution is 6.31. The molecule has 0 unspecified atom stereocenters. The molecule has 0 spiro atoms. The number of methoxy groups -OCH3 is 1. The van der Waals surface area contributed by atoms with Gasteiger partial charge in [0.25, 0.3) is 0 Å². The molecule has 1 aliphatic rings. The summed E-state index contributed by atoms with van der Waals surface area (Å²) in [5.74, 6) is 0.700. The molecular weight excluding hydrogens is 402 g/mol. The van der Waals surface area contributed by atoms with Gasteiger partial charge < -0.3 is 20.3 Å². The summed E-state index contributed by atoms with van der Waals surface area (Å²) in [6, 6.07) is 12.8. The van der Waals surface area contributed by atoms with Crippen LogP contribution in [-0.4, -0.2) is 37.0 Å². The molecule has 0 aromatic heterocycles. The van der Waals surface area contributed by atoms with Gasteiger partial charge in [-0.05, 0) is 62.1 Å². The molecule has 2 aromatic rings. The molecule has 3 rings (SSSR count). The molecule has 2 N–H and O–H groups in total. The number of rotatable bonds is 5. The van der Waals surface area contributed by atoms with Gasteiger partial charge in [-0.15, -0.1) is 0 Å². The van der Waals surface area contributed by atoms with Gasteiger partial charge in [-0.2, -0.15) is 0 Å². The van der Waals surface area contributed by atoms with Gasteiger partial charge in [0.05, 0.1) is 12.5 Å². The van der Waals surface area contributed by atoms with E-state index in [4.69, 9.17) is 16.3 Å². The van der Waals surface area contributed by atoms with E-state index in [0.29, 0.717) is 30.3 Å². The second kappa shape index (κ2) is 9.39. The molecule has 1 aliphatic heterocycles. The number of halogens is 1. The molecule has 160 valence electrons. The van der Waals surface area contributed by atoms with Crippen molar-refractivity contribution in [3.05, 3.63) is 58.6 Å². The Hall–Kier alpha value is -2.73. The van der Waals surface area contributed by atoms with Crippen LogP contribution in [0.25, 0.3) is 0 Å². The summed E-state index contributed by atoms with van der Waals surface area (Å²) in [5, 5.41) is 6.51. The Morgan fingerprint density at radius 2 is 2.03 bits per heavy atom. The molecule has 1 atom stereocenters. The molecule has 30 heavy (non-hydrogen) atoms. The van der Waals surface area contributed by atoms with Gasteiger partial charge in [-0.1, -0.05) is 29.8 Å². The molecule has 1 saturated heterocycles. The van der Waals surface area contributed by atoms with E-state index in [1.165, 1.54) is 0 Å². The van der Waals surface area contributed by atoms with Crippen LogP contribution in [0.1, 0.15) is 30.9 Å². The van der Waals surface area contributed by atoms with Gasteiger partial charge in [-0.25, -0.2) is 4.79 Å². The number of ether oxygens (including phenoxy) is 1. The second-order valence-electron chi connectivity index (χ2n) is 8.01. The van der Waals surface area contributed by atoms with E-state index in [1.807, 2.05) is 44.2 Å². The van der Waals surface area contributed by atoms with Crippen molar-refractivity contribution in [2.24, 2.45) is 5.41 Å². The fourth-order valence-corrected chi connectivity index (χ4v) is 3.87. The van der Waals surface area contributed by atoms with Crippen LogP contribution in [-0.2, 0) is 11.3 Å². The average molecular weight is 430 g/mol. The Morgan fingerprint density at radius 1 is 1.23 bits per heavy atom. The first-order valence-electron chi connectivity index (χ1n) is 10.0. The Labute approximate surface area is 182 Å². The fourth-order valence-electron chi connectivity index (χ4n) is 3.70. The maximum absolute atomic E-state index is 13.0. The number of benzene rings is 2. The van der Waals surface area contributed by atoms with Crippen molar-refractivity contribution in [2.45, 2.75) is 33.2 Å². The molecule has 1 heterocycles. The molecule has 3 amide bonds. The molecule has 1 fully saturated rings. The van der Waals surface area contributed by atoms with Crippen LogP contribution in [0.3, 0.4) is 0 Å². The van der Waals surface area contributed by atoms with Crippen molar-refractivity contribution in [1.82, 2.24) is 10.2 Å². The van der Waals surface area contributed by atoms with E-state index in [2.05, 4.69) is 10.6 Å². The van der Waals surface area contributed by atoms with Gasteiger partial charge >= 0.3 is 6.03 Å². The van der Waals surface area contributed by atoms with E-state index in [1.54, 1.807) is 24.1 Å². The first-order valence-corrected chi connectivity index (χ1v) is 10.4. The van der Waals surface area contributed by atoms with Crippen LogP contribution in [0.2, 0.25) is 5.02 Å². The molecular formula is C23H28ClN3O3. The zero-order valence-corrected chi connectivity index (χ0v) is 18.4. The zero-order chi connectivity index (χ0) is 21.7. The van der Waals surface area contributed by atoms with E-state index >= 15 is 0 Å². The predicted octanol–water partition coefficient (Wildman–Crippen LogP) is 4.61. The lowest BCUT2D eigenvalue weighted by Gasteiger charge is -2.39. The number of anilines is 1. The number of urea groups is 1. The smallest absolute Gasteiger partial charge is 0.321 e. The van der Waals surface area contributed by atoms with Crippen molar-refractivity contribution >= 4 is 29.2 Å². The van der Waals surface area contributed by atoms with E-state index in [-0.39, 0.29) is 11.9 Å². The third-order valence-corrected chi connectivity index (χ3v) is 5.80. The van der Waals surface area contributed by atoms with E-state index in [9.17, 15) is 9.59 Å². The van der Waals surface area contributed by atoms with Crippen molar-refractivity contribution in [1.29, 1.82) is 0 Å². The van der Waals surface area contributed by atoms with Crippen LogP contribution < -0.4 is 15.4 Å². The minimum atomic E-state index is -0.641. The minimum absolute atomic E-state index is 0.0539. The molecule has 2 aromatic carbocycles. The largest absolute Gasteiger partial charge is 0.497 e. The highest BCUT2D eigenvalue weighted by atomic mass is 35.5. The lowest BCUT2D eigenvalue weighted by Crippen LogP contribution is -2.52. The average Bonchev–Trinajstić information content (AvgIpc) is 2.74. The van der Waals surface area contributed by atoms with E-state index < -0.39 is 5.41 Å². The monoisotopic (exact) mass is 429 g/mol. The van der Waals surface area contributed by atoms with Gasteiger partial charge in [-0.3, -0.25) is 4.79 Å². The Morgan fingerprint density at radius 3 is 2.80 bits per heavy atom. The van der Waals surface area contributed by atoms with Gasteiger partial charge in [0.15, 0.2) is 0 Å². The molecule has 0 aliphatic carbocycles. The Balaban J connectivity index is 1.62. The molecule has 0 saturated carbocycles. The number of nitrogens with one attached hydrogen (secondary N) is 2. The van der Waals surface area contributed by atoms with Crippen molar-refractivity contribution in [2.75, 3.05) is 25.5 Å². The number of amides is 3. The van der Waals surface area contributed by atoms with Crippen LogP contribution in [0.4, 0.5) is 10.5 Å². The normalized spacial score (nSPS) is 18.6. The highest BCUT2D eigenvalue weighted by Crippen LogP contribution is 2.31. The number of nitrogens with zero attached hydrogens (tertiary/aromatic N) is 1. The van der Waals surface area contributed by atoms with Crippen molar-refractivity contribution in [3.8, 4) is 5.75 Å².